The van der Waals surface area contributed by atoms with Gasteiger partial charge in [0.25, 0.3) is 0 Å². The molecule has 0 rings (SSSR count). The van der Waals surface area contributed by atoms with E-state index in [0.717, 1.165) is 38.5 Å². The molecule has 0 aliphatic heterocycles. The summed E-state index contributed by atoms with van der Waals surface area (Å²) in [5.74, 6) is -1.36. The van der Waals surface area contributed by atoms with Gasteiger partial charge in [-0.3, -0.25) is 9.59 Å². The Morgan fingerprint density at radius 1 is 0.739 bits per heavy atom. The summed E-state index contributed by atoms with van der Waals surface area (Å²) in [4.78, 5) is 19.7. The summed E-state index contributed by atoms with van der Waals surface area (Å²) in [7, 11) is 0. The number of unbranched alkanes of at least 4 members (excludes halogenated alkanes) is 4. The quantitative estimate of drug-likeness (QED) is 0.402. The summed E-state index contributed by atoms with van der Waals surface area (Å²) in [6.07, 6.45) is 6.55. The third-order valence-electron chi connectivity index (χ3n) is 2.46. The molecule has 0 saturated carbocycles. The summed E-state index contributed by atoms with van der Waals surface area (Å²) >= 11 is 0. The second-order valence-corrected chi connectivity index (χ2v) is 4.76. The fraction of sp³-hybridized carbons (Fsp3) is 0.875. The number of carbonyl (C=O) groups is 2. The second kappa shape index (κ2) is 25.8. The Balaban J connectivity index is -0.000000262. The monoisotopic (exact) mass is 338 g/mol. The minimum absolute atomic E-state index is 0.0278. The number of carboxylic acid groups (broad SMARTS) is 2. The summed E-state index contributed by atoms with van der Waals surface area (Å²) < 4.78 is 4.63. The molecule has 0 amide bonds. The molecule has 0 spiro atoms. The van der Waals surface area contributed by atoms with E-state index in [1.54, 1.807) is 0 Å². The largest absolute Gasteiger partial charge is 0.481 e. The number of aliphatic carboxylic acids is 2. The van der Waals surface area contributed by atoms with Crippen molar-refractivity contribution in [2.24, 2.45) is 0 Å². The average Bonchev–Trinajstić information content (AvgIpc) is 2.49. The third-order valence-corrected chi connectivity index (χ3v) is 2.46. The van der Waals surface area contributed by atoms with E-state index in [-0.39, 0.29) is 13.2 Å². The lowest BCUT2D eigenvalue weighted by Gasteiger charge is -1.94. The lowest BCUT2D eigenvalue weighted by Crippen LogP contribution is -2.03. The van der Waals surface area contributed by atoms with E-state index in [9.17, 15) is 9.59 Å². The number of carboxylic acids is 2. The predicted molar refractivity (Wildman–Crippen MR) is 88.5 cm³/mol. The fourth-order valence-corrected chi connectivity index (χ4v) is 1.28. The number of hydrogen-bond donors (Lipinski definition) is 4. The van der Waals surface area contributed by atoms with Gasteiger partial charge in [0.05, 0.1) is 26.4 Å². The van der Waals surface area contributed by atoms with Crippen LogP contribution in [-0.4, -0.2) is 58.8 Å². The first-order chi connectivity index (χ1) is 11.0. The van der Waals surface area contributed by atoms with Crippen molar-refractivity contribution in [3.8, 4) is 0 Å². The van der Waals surface area contributed by atoms with E-state index in [1.807, 2.05) is 0 Å². The van der Waals surface area contributed by atoms with Crippen molar-refractivity contribution >= 4 is 11.9 Å². The molecule has 7 nitrogen and oxygen atoms in total. The fourth-order valence-electron chi connectivity index (χ4n) is 1.28. The maximum Gasteiger partial charge on any atom is 0.303 e. The summed E-state index contributed by atoms with van der Waals surface area (Å²) in [6.45, 7) is 4.81. The van der Waals surface area contributed by atoms with Crippen molar-refractivity contribution in [3.05, 3.63) is 0 Å². The van der Waals surface area contributed by atoms with Crippen molar-refractivity contribution in [1.82, 2.24) is 0 Å². The second-order valence-electron chi connectivity index (χ2n) is 4.76. The summed E-state index contributed by atoms with van der Waals surface area (Å²) in [5.41, 5.74) is 0. The van der Waals surface area contributed by atoms with Crippen LogP contribution in [0.15, 0.2) is 0 Å². The molecule has 4 N–H and O–H groups in total. The first kappa shape index (κ1) is 26.7. The Labute approximate surface area is 139 Å². The van der Waals surface area contributed by atoms with Crippen LogP contribution in [0.4, 0.5) is 0 Å². The van der Waals surface area contributed by atoms with Crippen LogP contribution < -0.4 is 0 Å². The van der Waals surface area contributed by atoms with Gasteiger partial charge < -0.3 is 25.2 Å². The maximum atomic E-state index is 9.87. The van der Waals surface area contributed by atoms with Gasteiger partial charge in [-0.2, -0.15) is 0 Å². The van der Waals surface area contributed by atoms with E-state index >= 15 is 0 Å². The first-order valence-electron chi connectivity index (χ1n) is 8.19. The van der Waals surface area contributed by atoms with Crippen molar-refractivity contribution in [3.63, 3.8) is 0 Å². The Morgan fingerprint density at radius 3 is 1.30 bits per heavy atom. The normalized spacial score (nSPS) is 9.22. The van der Waals surface area contributed by atoms with Gasteiger partial charge in [0.15, 0.2) is 0 Å². The molecule has 0 fully saturated rings. The number of aliphatic hydroxyl groups is 2. The minimum atomic E-state index is -0.682. The zero-order valence-corrected chi connectivity index (χ0v) is 14.5. The van der Waals surface area contributed by atoms with Crippen molar-refractivity contribution in [2.45, 2.75) is 65.2 Å². The lowest BCUT2D eigenvalue weighted by molar-refractivity contribution is -0.138. The van der Waals surface area contributed by atoms with E-state index in [4.69, 9.17) is 20.4 Å². The number of rotatable bonds is 12. The molecular weight excluding hydrogens is 304 g/mol. The smallest absolute Gasteiger partial charge is 0.303 e. The molecule has 0 unspecified atom stereocenters. The minimum Gasteiger partial charge on any atom is -0.481 e. The Morgan fingerprint density at radius 2 is 1.09 bits per heavy atom. The highest BCUT2D eigenvalue weighted by Crippen LogP contribution is 1.97. The SMILES string of the molecule is CCCCCC(=O)O.CCCCCC(=O)O.OCCOCCO. The zero-order valence-electron chi connectivity index (χ0n) is 14.5. The molecule has 0 heterocycles. The van der Waals surface area contributed by atoms with Crippen molar-refractivity contribution in [1.29, 1.82) is 0 Å². The Hall–Kier alpha value is -1.18. The molecule has 0 bridgehead atoms. The van der Waals surface area contributed by atoms with Gasteiger partial charge in [0.2, 0.25) is 0 Å². The van der Waals surface area contributed by atoms with Crippen LogP contribution in [0.25, 0.3) is 0 Å². The molecule has 0 aromatic heterocycles. The number of hydrogen-bond acceptors (Lipinski definition) is 5. The topological polar surface area (TPSA) is 124 Å². The molecule has 0 aromatic carbocycles. The van der Waals surface area contributed by atoms with Crippen LogP contribution in [0.2, 0.25) is 0 Å². The molecule has 0 aromatic rings. The third kappa shape index (κ3) is 44.9. The van der Waals surface area contributed by atoms with Crippen LogP contribution in [0.5, 0.6) is 0 Å². The molecular formula is C16H34O7. The van der Waals surface area contributed by atoms with Crippen LogP contribution in [0.3, 0.4) is 0 Å². The molecule has 140 valence electrons. The van der Waals surface area contributed by atoms with Gasteiger partial charge >= 0.3 is 11.9 Å². The standard InChI is InChI=1S/2C6H12O2.C4H10O3/c2*1-2-3-4-5-6(7)8;5-1-3-7-4-2-6/h2*2-5H2,1H3,(H,7,8);5-6H,1-4H2. The number of aliphatic hydroxyl groups excluding tert-OH is 2. The van der Waals surface area contributed by atoms with E-state index in [2.05, 4.69) is 18.6 Å². The summed E-state index contributed by atoms with van der Waals surface area (Å²) in [5, 5.41) is 32.5. The van der Waals surface area contributed by atoms with Crippen LogP contribution in [0.1, 0.15) is 65.2 Å². The average molecular weight is 338 g/mol. The van der Waals surface area contributed by atoms with Crippen molar-refractivity contribution in [2.75, 3.05) is 26.4 Å². The highest BCUT2D eigenvalue weighted by molar-refractivity contribution is 5.66. The lowest BCUT2D eigenvalue weighted by atomic mass is 10.2. The van der Waals surface area contributed by atoms with Crippen molar-refractivity contribution < 1.29 is 34.8 Å². The van der Waals surface area contributed by atoms with Gasteiger partial charge in [-0.1, -0.05) is 39.5 Å². The van der Waals surface area contributed by atoms with Crippen LogP contribution >= 0.6 is 0 Å². The molecule has 0 saturated heterocycles. The Bertz CT molecular complexity index is 221. The summed E-state index contributed by atoms with van der Waals surface area (Å²) in [6, 6.07) is 0. The van der Waals surface area contributed by atoms with Gasteiger partial charge in [-0.15, -0.1) is 0 Å². The highest BCUT2D eigenvalue weighted by Gasteiger charge is 1.93. The van der Waals surface area contributed by atoms with Crippen LogP contribution in [-0.2, 0) is 14.3 Å². The molecule has 0 aliphatic carbocycles. The molecule has 23 heavy (non-hydrogen) atoms. The molecule has 7 heteroatoms. The van der Waals surface area contributed by atoms with Gasteiger partial charge in [0, 0.05) is 12.8 Å². The molecule has 0 radical (unpaired) electrons. The molecule has 0 aliphatic rings. The van der Waals surface area contributed by atoms with Crippen LogP contribution in [0, 0.1) is 0 Å². The highest BCUT2D eigenvalue weighted by atomic mass is 16.5. The van der Waals surface area contributed by atoms with E-state index < -0.39 is 11.9 Å². The maximum absolute atomic E-state index is 9.87. The van der Waals surface area contributed by atoms with Gasteiger partial charge in [-0.05, 0) is 12.8 Å². The van der Waals surface area contributed by atoms with E-state index in [1.165, 1.54) is 0 Å². The Kier molecular flexibility index (Phi) is 29.9. The van der Waals surface area contributed by atoms with Gasteiger partial charge in [-0.25, -0.2) is 0 Å². The number of ether oxygens (including phenoxy) is 1. The molecule has 0 atom stereocenters. The van der Waals surface area contributed by atoms with Gasteiger partial charge in [0.1, 0.15) is 0 Å². The van der Waals surface area contributed by atoms with E-state index in [0.29, 0.717) is 26.1 Å². The predicted octanol–water partition coefficient (Wildman–Crippen LogP) is 2.29. The zero-order chi connectivity index (χ0) is 18.3. The first-order valence-corrected chi connectivity index (χ1v) is 8.19.